The first-order valence-corrected chi connectivity index (χ1v) is 13.3. The van der Waals surface area contributed by atoms with Crippen molar-refractivity contribution in [2.24, 2.45) is 0 Å². The first-order valence-electron chi connectivity index (χ1n) is 13.3. The average molecular weight is 527 g/mol. The fourth-order valence-corrected chi connectivity index (χ4v) is 5.36. The number of pyridine rings is 2. The Bertz CT molecular complexity index is 1530. The van der Waals surface area contributed by atoms with Gasteiger partial charge in [-0.25, -0.2) is 4.98 Å². The largest absolute Gasteiger partial charge is 0.493 e. The van der Waals surface area contributed by atoms with Crippen molar-refractivity contribution in [3.05, 3.63) is 71.8 Å². The average Bonchev–Trinajstić information content (AvgIpc) is 3.57. The molecule has 4 aromatic rings. The van der Waals surface area contributed by atoms with Gasteiger partial charge in [0.25, 0.3) is 0 Å². The number of nitrogens with one attached hydrogen (secondary N) is 1. The molecule has 200 valence electrons. The second-order valence-corrected chi connectivity index (χ2v) is 9.99. The van der Waals surface area contributed by atoms with E-state index in [1.165, 1.54) is 5.56 Å². The first kappa shape index (κ1) is 24.8. The third-order valence-electron chi connectivity index (χ3n) is 7.32. The zero-order valence-electron chi connectivity index (χ0n) is 21.5. The molecule has 0 saturated carbocycles. The number of ether oxygens (including phenoxy) is 1. The fourth-order valence-electron chi connectivity index (χ4n) is 5.36. The van der Waals surface area contributed by atoms with Gasteiger partial charge in [-0.1, -0.05) is 6.07 Å². The van der Waals surface area contributed by atoms with Crippen LogP contribution in [-0.4, -0.2) is 56.4 Å². The topological polar surface area (TPSA) is 122 Å². The van der Waals surface area contributed by atoms with Crippen molar-refractivity contribution in [2.45, 2.75) is 44.6 Å². The van der Waals surface area contributed by atoms with E-state index in [0.29, 0.717) is 43.0 Å². The quantitative estimate of drug-likeness (QED) is 0.336. The van der Waals surface area contributed by atoms with Crippen LogP contribution in [0.5, 0.6) is 5.75 Å². The monoisotopic (exact) mass is 526 g/mol. The number of hydrogen-bond donors (Lipinski definition) is 2. The fraction of sp³-hybridized carbons (Fsp3) is 0.345. The summed E-state index contributed by atoms with van der Waals surface area (Å²) in [4.78, 5) is 34.8. The Morgan fingerprint density at radius 1 is 1.10 bits per heavy atom. The number of carbonyl (C=O) groups excluding carboxylic acids is 1. The Labute approximate surface area is 225 Å². The van der Waals surface area contributed by atoms with Crippen LogP contribution < -0.4 is 15.0 Å². The van der Waals surface area contributed by atoms with E-state index in [1.54, 1.807) is 28.2 Å². The lowest BCUT2D eigenvalue weighted by molar-refractivity contribution is -0.137. The molecule has 2 aliphatic rings. The zero-order chi connectivity index (χ0) is 26.8. The molecule has 0 spiro atoms. The predicted molar refractivity (Wildman–Crippen MR) is 146 cm³/mol. The summed E-state index contributed by atoms with van der Waals surface area (Å²) in [6, 6.07) is 11.2. The van der Waals surface area contributed by atoms with Gasteiger partial charge in [0.2, 0.25) is 5.91 Å². The number of hydrogen-bond acceptors (Lipinski definition) is 7. The molecule has 0 unspecified atom stereocenters. The van der Waals surface area contributed by atoms with Crippen LogP contribution in [0.1, 0.15) is 48.5 Å². The molecule has 1 fully saturated rings. The van der Waals surface area contributed by atoms with Gasteiger partial charge in [-0.15, -0.1) is 0 Å². The Morgan fingerprint density at radius 2 is 2.03 bits per heavy atom. The van der Waals surface area contributed by atoms with Gasteiger partial charge in [0.05, 0.1) is 42.7 Å². The first-order chi connectivity index (χ1) is 19.0. The minimum atomic E-state index is -0.947. The predicted octanol–water partition coefficient (Wildman–Crippen LogP) is 4.00. The zero-order valence-corrected chi connectivity index (χ0v) is 21.5. The van der Waals surface area contributed by atoms with Crippen molar-refractivity contribution >= 4 is 34.3 Å². The molecule has 2 aliphatic heterocycles. The number of aromatic nitrogens is 4. The molecule has 1 aromatic carbocycles. The van der Waals surface area contributed by atoms with Gasteiger partial charge >= 0.3 is 5.97 Å². The Hall–Kier alpha value is -4.47. The van der Waals surface area contributed by atoms with Crippen LogP contribution in [0.3, 0.4) is 0 Å². The van der Waals surface area contributed by atoms with E-state index >= 15 is 0 Å². The van der Waals surface area contributed by atoms with Crippen LogP contribution >= 0.6 is 0 Å². The van der Waals surface area contributed by atoms with Gasteiger partial charge in [-0.2, -0.15) is 5.10 Å². The maximum atomic E-state index is 12.3. The maximum absolute atomic E-state index is 12.3. The third-order valence-corrected chi connectivity index (χ3v) is 7.32. The molecule has 2 N–H and O–H groups in total. The summed E-state index contributed by atoms with van der Waals surface area (Å²) in [5, 5.41) is 18.4. The Balaban J connectivity index is 1.19. The van der Waals surface area contributed by atoms with E-state index in [0.717, 1.165) is 48.2 Å². The molecule has 6 rings (SSSR count). The Kier molecular flexibility index (Phi) is 6.83. The lowest BCUT2D eigenvalue weighted by atomic mass is 10.0. The molecule has 3 aromatic heterocycles. The van der Waals surface area contributed by atoms with Gasteiger partial charge in [0.1, 0.15) is 11.6 Å². The lowest BCUT2D eigenvalue weighted by Crippen LogP contribution is -2.24. The molecule has 5 heterocycles. The highest BCUT2D eigenvalue weighted by molar-refractivity contribution is 5.95. The maximum Gasteiger partial charge on any atom is 0.305 e. The van der Waals surface area contributed by atoms with Crippen molar-refractivity contribution in [1.82, 2.24) is 19.7 Å². The number of carbonyl (C=O) groups is 2. The highest BCUT2D eigenvalue weighted by Crippen LogP contribution is 2.31. The van der Waals surface area contributed by atoms with E-state index in [1.807, 2.05) is 24.3 Å². The van der Waals surface area contributed by atoms with Gasteiger partial charge in [0, 0.05) is 43.2 Å². The second-order valence-electron chi connectivity index (χ2n) is 9.99. The molecule has 1 saturated heterocycles. The Morgan fingerprint density at radius 3 is 2.87 bits per heavy atom. The van der Waals surface area contributed by atoms with E-state index in [-0.39, 0.29) is 12.3 Å². The van der Waals surface area contributed by atoms with Gasteiger partial charge in [-0.3, -0.25) is 19.3 Å². The summed E-state index contributed by atoms with van der Waals surface area (Å²) in [6.07, 6.45) is 9.04. The van der Waals surface area contributed by atoms with Crippen LogP contribution in [-0.2, 0) is 22.4 Å². The molecule has 1 amide bonds. The number of aliphatic carboxylic acids is 1. The molecular formula is C29H30N6O4. The van der Waals surface area contributed by atoms with Crippen molar-refractivity contribution < 1.29 is 19.4 Å². The number of amides is 1. The van der Waals surface area contributed by atoms with E-state index in [2.05, 4.69) is 27.5 Å². The molecule has 39 heavy (non-hydrogen) atoms. The molecule has 10 heteroatoms. The SMILES string of the molecule is O=C(O)C[C@@H](c1cncc(N2CCCC2=O)c1)n1ncc2cc(OCCc3ccc4c(n3)NCCC4)ccc21. The number of rotatable bonds is 9. The molecule has 0 bridgehead atoms. The van der Waals surface area contributed by atoms with Crippen LogP contribution in [0.2, 0.25) is 0 Å². The molecule has 10 nitrogen and oxygen atoms in total. The summed E-state index contributed by atoms with van der Waals surface area (Å²) in [5.74, 6) is 0.803. The number of anilines is 2. The summed E-state index contributed by atoms with van der Waals surface area (Å²) < 4.78 is 7.74. The van der Waals surface area contributed by atoms with E-state index < -0.39 is 12.0 Å². The standard InChI is InChI=1S/C29H30N6O4/c36-27-4-2-11-34(27)23-13-20(16-30-18-23)26(15-28(37)38)35-25-8-7-24(14-21(25)17-32-35)39-12-9-22-6-5-19-3-1-10-31-29(19)33-22/h5-8,13-14,16-18,26H,1-4,9-12,15H2,(H,31,33)(H,37,38)/t26-/m0/s1. The second kappa shape index (κ2) is 10.7. The van der Waals surface area contributed by atoms with Crippen molar-refractivity contribution in [2.75, 3.05) is 29.9 Å². The number of carboxylic acids is 1. The molecule has 1 atom stereocenters. The summed E-state index contributed by atoms with van der Waals surface area (Å²) >= 11 is 0. The van der Waals surface area contributed by atoms with Crippen LogP contribution in [0.15, 0.2) is 55.0 Å². The van der Waals surface area contributed by atoms with Gasteiger partial charge in [0.15, 0.2) is 0 Å². The van der Waals surface area contributed by atoms with E-state index in [9.17, 15) is 14.7 Å². The highest BCUT2D eigenvalue weighted by Gasteiger charge is 2.25. The number of fused-ring (bicyclic) bond motifs is 2. The third kappa shape index (κ3) is 5.27. The normalized spacial score (nSPS) is 15.7. The van der Waals surface area contributed by atoms with Gasteiger partial charge in [-0.05, 0) is 60.7 Å². The molecule has 0 aliphatic carbocycles. The lowest BCUT2D eigenvalue weighted by Gasteiger charge is -2.20. The van der Waals surface area contributed by atoms with Gasteiger partial charge < -0.3 is 20.1 Å². The number of aryl methyl sites for hydroxylation is 1. The minimum Gasteiger partial charge on any atom is -0.493 e. The van der Waals surface area contributed by atoms with Crippen molar-refractivity contribution in [1.29, 1.82) is 0 Å². The van der Waals surface area contributed by atoms with Crippen LogP contribution in [0, 0.1) is 0 Å². The van der Waals surface area contributed by atoms with Crippen LogP contribution in [0.4, 0.5) is 11.5 Å². The van der Waals surface area contributed by atoms with E-state index in [4.69, 9.17) is 9.72 Å². The summed E-state index contributed by atoms with van der Waals surface area (Å²) in [5.41, 5.74) is 4.41. The summed E-state index contributed by atoms with van der Waals surface area (Å²) in [7, 11) is 0. The van der Waals surface area contributed by atoms with Crippen molar-refractivity contribution in [3.63, 3.8) is 0 Å². The smallest absolute Gasteiger partial charge is 0.305 e. The minimum absolute atomic E-state index is 0.0554. The highest BCUT2D eigenvalue weighted by atomic mass is 16.5. The molecule has 0 radical (unpaired) electrons. The number of benzene rings is 1. The van der Waals surface area contributed by atoms with Crippen molar-refractivity contribution in [3.8, 4) is 5.75 Å². The number of carboxylic acid groups (broad SMARTS) is 1. The number of nitrogens with zero attached hydrogens (tertiary/aromatic N) is 5. The molecular weight excluding hydrogens is 496 g/mol. The van der Waals surface area contributed by atoms with Crippen LogP contribution in [0.25, 0.3) is 10.9 Å². The summed E-state index contributed by atoms with van der Waals surface area (Å²) in [6.45, 7) is 2.09.